The van der Waals surface area contributed by atoms with E-state index in [-0.39, 0.29) is 0 Å². The lowest BCUT2D eigenvalue weighted by Crippen LogP contribution is -2.02. The molecule has 0 saturated carbocycles. The van der Waals surface area contributed by atoms with Gasteiger partial charge in [0.05, 0.1) is 23.9 Å². The minimum Gasteiger partial charge on any atom is -0.379 e. The Morgan fingerprint density at radius 2 is 1.90 bits per heavy atom. The maximum atomic E-state index is 9.15. The van der Waals surface area contributed by atoms with Crippen molar-refractivity contribution >= 4 is 16.5 Å². The fraction of sp³-hybridized carbons (Fsp3) is 0.0625. The van der Waals surface area contributed by atoms with E-state index in [1.165, 1.54) is 6.33 Å². The van der Waals surface area contributed by atoms with Crippen LogP contribution in [0.25, 0.3) is 10.8 Å². The summed E-state index contributed by atoms with van der Waals surface area (Å²) < 4.78 is 0. The van der Waals surface area contributed by atoms with Gasteiger partial charge < -0.3 is 5.32 Å². The van der Waals surface area contributed by atoms with E-state index in [0.717, 1.165) is 22.2 Å². The lowest BCUT2D eigenvalue weighted by atomic mass is 10.0. The molecule has 3 aromatic rings. The number of rotatable bonds is 3. The summed E-state index contributed by atoms with van der Waals surface area (Å²) in [5.41, 5.74) is 2.61. The molecule has 0 atom stereocenters. The first-order valence-corrected chi connectivity index (χ1v) is 6.29. The van der Waals surface area contributed by atoms with Gasteiger partial charge in [0.1, 0.15) is 6.33 Å². The predicted octanol–water partition coefficient (Wildman–Crippen LogP) is 3.11. The zero-order valence-corrected chi connectivity index (χ0v) is 10.7. The van der Waals surface area contributed by atoms with Crippen LogP contribution in [0, 0.1) is 11.3 Å². The van der Waals surface area contributed by atoms with E-state index in [2.05, 4.69) is 21.4 Å². The van der Waals surface area contributed by atoms with E-state index in [1.807, 2.05) is 42.5 Å². The second-order valence-electron chi connectivity index (χ2n) is 4.37. The van der Waals surface area contributed by atoms with Crippen LogP contribution in [-0.4, -0.2) is 9.97 Å². The van der Waals surface area contributed by atoms with Gasteiger partial charge in [0.15, 0.2) is 0 Å². The maximum Gasteiger partial charge on any atom is 0.115 e. The highest BCUT2D eigenvalue weighted by Gasteiger charge is 2.05. The van der Waals surface area contributed by atoms with Gasteiger partial charge >= 0.3 is 0 Å². The van der Waals surface area contributed by atoms with Crippen molar-refractivity contribution in [1.29, 1.82) is 5.26 Å². The number of hydrogen-bond donors (Lipinski definition) is 1. The van der Waals surface area contributed by atoms with E-state index in [1.54, 1.807) is 6.20 Å². The smallest absolute Gasteiger partial charge is 0.115 e. The van der Waals surface area contributed by atoms with Crippen molar-refractivity contribution in [2.45, 2.75) is 6.54 Å². The molecule has 0 saturated heterocycles. The molecular weight excluding hydrogens is 248 g/mol. The van der Waals surface area contributed by atoms with Crippen LogP contribution in [0.1, 0.15) is 11.3 Å². The normalized spacial score (nSPS) is 10.2. The van der Waals surface area contributed by atoms with E-state index < -0.39 is 0 Å². The summed E-state index contributed by atoms with van der Waals surface area (Å²) in [5.74, 6) is 0. The summed E-state index contributed by atoms with van der Waals surface area (Å²) in [7, 11) is 0. The Morgan fingerprint density at radius 3 is 2.65 bits per heavy atom. The molecule has 0 radical (unpaired) electrons. The van der Waals surface area contributed by atoms with E-state index >= 15 is 0 Å². The molecule has 3 rings (SSSR count). The highest BCUT2D eigenvalue weighted by atomic mass is 14.9. The van der Waals surface area contributed by atoms with Crippen LogP contribution in [0.5, 0.6) is 0 Å². The Balaban J connectivity index is 1.95. The van der Waals surface area contributed by atoms with Crippen LogP contribution in [-0.2, 0) is 6.54 Å². The van der Waals surface area contributed by atoms with Crippen molar-refractivity contribution in [2.75, 3.05) is 5.32 Å². The summed E-state index contributed by atoms with van der Waals surface area (Å²) in [5, 5.41) is 14.5. The van der Waals surface area contributed by atoms with Crippen LogP contribution < -0.4 is 5.32 Å². The molecule has 0 unspecified atom stereocenters. The molecule has 20 heavy (non-hydrogen) atoms. The van der Waals surface area contributed by atoms with Gasteiger partial charge in [-0.2, -0.15) is 5.26 Å². The molecule has 0 bridgehead atoms. The Labute approximate surface area is 116 Å². The van der Waals surface area contributed by atoms with Crippen molar-refractivity contribution in [3.63, 3.8) is 0 Å². The second kappa shape index (κ2) is 5.37. The number of aromatic nitrogens is 2. The summed E-state index contributed by atoms with van der Waals surface area (Å²) in [4.78, 5) is 8.08. The largest absolute Gasteiger partial charge is 0.379 e. The minimum atomic E-state index is 0.623. The molecule has 4 heteroatoms. The van der Waals surface area contributed by atoms with Crippen molar-refractivity contribution in [3.8, 4) is 6.07 Å². The van der Waals surface area contributed by atoms with Gasteiger partial charge in [-0.05, 0) is 18.2 Å². The number of nitrogens with one attached hydrogen (secondary N) is 1. The number of anilines is 1. The van der Waals surface area contributed by atoms with Crippen molar-refractivity contribution in [1.82, 2.24) is 9.97 Å². The molecular formula is C16H12N4. The van der Waals surface area contributed by atoms with Crippen molar-refractivity contribution in [3.05, 3.63) is 66.2 Å². The molecule has 1 heterocycles. The maximum absolute atomic E-state index is 9.15. The quantitative estimate of drug-likeness (QED) is 0.786. The molecule has 96 valence electrons. The monoisotopic (exact) mass is 260 g/mol. The molecule has 0 fully saturated rings. The average Bonchev–Trinajstić information content (AvgIpc) is 2.53. The number of benzene rings is 2. The molecule has 2 aromatic carbocycles. The van der Waals surface area contributed by atoms with Crippen LogP contribution in [0.2, 0.25) is 0 Å². The number of hydrogen-bond acceptors (Lipinski definition) is 4. The zero-order chi connectivity index (χ0) is 13.8. The first-order chi connectivity index (χ1) is 9.88. The number of nitriles is 1. The molecule has 1 aromatic heterocycles. The third-order valence-corrected chi connectivity index (χ3v) is 3.15. The Kier molecular flexibility index (Phi) is 3.25. The van der Waals surface area contributed by atoms with Gasteiger partial charge in [0, 0.05) is 22.7 Å². The van der Waals surface area contributed by atoms with Gasteiger partial charge in [-0.25, -0.2) is 9.97 Å². The predicted molar refractivity (Wildman–Crippen MR) is 78.0 cm³/mol. The minimum absolute atomic E-state index is 0.623. The van der Waals surface area contributed by atoms with Gasteiger partial charge in [-0.3, -0.25) is 0 Å². The fourth-order valence-electron chi connectivity index (χ4n) is 2.16. The molecule has 0 amide bonds. The summed E-state index contributed by atoms with van der Waals surface area (Å²) in [6, 6.07) is 15.8. The van der Waals surface area contributed by atoms with Crippen molar-refractivity contribution in [2.24, 2.45) is 0 Å². The van der Waals surface area contributed by atoms with E-state index in [4.69, 9.17) is 5.26 Å². The zero-order valence-electron chi connectivity index (χ0n) is 10.7. The standard InChI is InChI=1S/C16H12N4/c17-9-12-5-6-16(15-4-2-1-3-14(12)15)19-10-13-7-8-18-11-20-13/h1-8,11,19H,10H2. The third-order valence-electron chi connectivity index (χ3n) is 3.15. The van der Waals surface area contributed by atoms with Crippen LogP contribution in [0.3, 0.4) is 0 Å². The highest BCUT2D eigenvalue weighted by molar-refractivity contribution is 5.97. The average molecular weight is 260 g/mol. The molecule has 1 N–H and O–H groups in total. The summed E-state index contributed by atoms with van der Waals surface area (Å²) in [6.45, 7) is 0.623. The van der Waals surface area contributed by atoms with Crippen LogP contribution >= 0.6 is 0 Å². The Hall–Kier alpha value is -2.93. The lowest BCUT2D eigenvalue weighted by molar-refractivity contribution is 1.01. The van der Waals surface area contributed by atoms with Crippen LogP contribution in [0.15, 0.2) is 55.0 Å². The molecule has 0 spiro atoms. The molecule has 0 aliphatic heterocycles. The van der Waals surface area contributed by atoms with Gasteiger partial charge in [0.25, 0.3) is 0 Å². The van der Waals surface area contributed by atoms with Gasteiger partial charge in [0.2, 0.25) is 0 Å². The van der Waals surface area contributed by atoms with Gasteiger partial charge in [-0.1, -0.05) is 24.3 Å². The van der Waals surface area contributed by atoms with E-state index in [0.29, 0.717) is 12.1 Å². The van der Waals surface area contributed by atoms with Crippen molar-refractivity contribution < 1.29 is 0 Å². The first-order valence-electron chi connectivity index (χ1n) is 6.29. The fourth-order valence-corrected chi connectivity index (χ4v) is 2.16. The summed E-state index contributed by atoms with van der Waals surface area (Å²) >= 11 is 0. The number of nitrogens with zero attached hydrogens (tertiary/aromatic N) is 3. The Morgan fingerprint density at radius 1 is 1.05 bits per heavy atom. The lowest BCUT2D eigenvalue weighted by Gasteiger charge is -2.10. The third kappa shape index (κ3) is 2.29. The molecule has 4 nitrogen and oxygen atoms in total. The first kappa shape index (κ1) is 12.1. The van der Waals surface area contributed by atoms with Crippen LogP contribution in [0.4, 0.5) is 5.69 Å². The van der Waals surface area contributed by atoms with E-state index in [9.17, 15) is 0 Å². The molecule has 0 aliphatic carbocycles. The number of fused-ring (bicyclic) bond motifs is 1. The topological polar surface area (TPSA) is 61.6 Å². The Bertz CT molecular complexity index is 775. The summed E-state index contributed by atoms with van der Waals surface area (Å²) in [6.07, 6.45) is 3.26. The molecule has 0 aliphatic rings. The van der Waals surface area contributed by atoms with Gasteiger partial charge in [-0.15, -0.1) is 0 Å². The SMILES string of the molecule is N#Cc1ccc(NCc2ccncn2)c2ccccc12. The second-order valence-corrected chi connectivity index (χ2v) is 4.37. The highest BCUT2D eigenvalue weighted by Crippen LogP contribution is 2.26.